The minimum atomic E-state index is -0.905. The Balaban J connectivity index is 1.57. The fraction of sp³-hybridized carbons (Fsp3) is 0.286. The Morgan fingerprint density at radius 1 is 1.17 bits per heavy atom. The van der Waals surface area contributed by atoms with E-state index >= 15 is 0 Å². The molecule has 2 heterocycles. The van der Waals surface area contributed by atoms with Crippen LogP contribution in [0, 0.1) is 0 Å². The summed E-state index contributed by atoms with van der Waals surface area (Å²) in [6, 6.07) is 11.5. The van der Waals surface area contributed by atoms with Crippen molar-refractivity contribution < 1.29 is 19.4 Å². The molecule has 1 aromatic carbocycles. The molecule has 3 aromatic rings. The highest BCUT2D eigenvalue weighted by atomic mass is 32.1. The summed E-state index contributed by atoms with van der Waals surface area (Å²) in [5, 5.41) is 10.1. The lowest BCUT2D eigenvalue weighted by atomic mass is 10.1. The molecule has 8 heteroatoms. The standard InChI is InChI=1S/C21H22N2O5S/c1-3-14-4-7-16(22-13-14)10-11-28-17-8-5-15(6-9-17)12-18-19(24)23(20(25)27-2)21(26)29-18/h4-9,13,24H,3,10-12H2,1-2H3. The third kappa shape index (κ3) is 5.03. The molecule has 0 radical (unpaired) electrons. The summed E-state index contributed by atoms with van der Waals surface area (Å²) in [4.78, 5) is 27.7. The van der Waals surface area contributed by atoms with Crippen molar-refractivity contribution in [2.75, 3.05) is 13.7 Å². The van der Waals surface area contributed by atoms with Crippen LogP contribution < -0.4 is 9.61 Å². The molecule has 0 aliphatic heterocycles. The summed E-state index contributed by atoms with van der Waals surface area (Å²) in [5.74, 6) is 0.345. The van der Waals surface area contributed by atoms with Crippen LogP contribution in [0.3, 0.4) is 0 Å². The lowest BCUT2D eigenvalue weighted by Crippen LogP contribution is -2.21. The van der Waals surface area contributed by atoms with Gasteiger partial charge in [-0.25, -0.2) is 4.79 Å². The van der Waals surface area contributed by atoms with Gasteiger partial charge in [-0.05, 0) is 35.7 Å². The molecule has 0 aliphatic rings. The Hall–Kier alpha value is -3.13. The minimum absolute atomic E-state index is 0.323. The summed E-state index contributed by atoms with van der Waals surface area (Å²) < 4.78 is 10.9. The van der Waals surface area contributed by atoms with Gasteiger partial charge in [0.05, 0.1) is 18.6 Å². The molecule has 152 valence electrons. The summed E-state index contributed by atoms with van der Waals surface area (Å²) in [7, 11) is 1.15. The number of benzene rings is 1. The quantitative estimate of drug-likeness (QED) is 0.637. The van der Waals surface area contributed by atoms with Crippen molar-refractivity contribution >= 4 is 17.4 Å². The fourth-order valence-corrected chi connectivity index (χ4v) is 3.63. The van der Waals surface area contributed by atoms with Gasteiger partial charge in [-0.1, -0.05) is 36.5 Å². The van der Waals surface area contributed by atoms with Gasteiger partial charge in [-0.2, -0.15) is 4.57 Å². The fourth-order valence-electron chi connectivity index (χ4n) is 2.75. The van der Waals surface area contributed by atoms with Crippen LogP contribution in [0.15, 0.2) is 47.4 Å². The van der Waals surface area contributed by atoms with Gasteiger partial charge in [0.25, 0.3) is 0 Å². The zero-order valence-corrected chi connectivity index (χ0v) is 17.1. The highest BCUT2D eigenvalue weighted by molar-refractivity contribution is 7.09. The third-order valence-electron chi connectivity index (χ3n) is 4.42. The summed E-state index contributed by atoms with van der Waals surface area (Å²) in [6.45, 7) is 2.61. The smallest absolute Gasteiger partial charge is 0.424 e. The van der Waals surface area contributed by atoms with E-state index in [1.165, 1.54) is 5.56 Å². The van der Waals surface area contributed by atoms with E-state index in [0.29, 0.717) is 28.9 Å². The molecule has 2 aromatic heterocycles. The molecule has 0 fully saturated rings. The van der Waals surface area contributed by atoms with Crippen LogP contribution in [0.5, 0.6) is 11.6 Å². The molecule has 0 amide bonds. The van der Waals surface area contributed by atoms with Crippen LogP contribution in [-0.2, 0) is 24.0 Å². The van der Waals surface area contributed by atoms with Crippen molar-refractivity contribution in [3.8, 4) is 11.6 Å². The molecule has 7 nitrogen and oxygen atoms in total. The topological polar surface area (TPSA) is 90.7 Å². The maximum Gasteiger partial charge on any atom is 0.424 e. The molecule has 0 aliphatic carbocycles. The number of aryl methyl sites for hydroxylation is 1. The zero-order chi connectivity index (χ0) is 20.8. The number of thiazole rings is 1. The number of nitrogens with zero attached hydrogens (tertiary/aromatic N) is 2. The molecule has 0 spiro atoms. The Kier molecular flexibility index (Phi) is 6.66. The first kappa shape index (κ1) is 20.6. The van der Waals surface area contributed by atoms with Crippen molar-refractivity contribution in [1.29, 1.82) is 0 Å². The monoisotopic (exact) mass is 414 g/mol. The number of methoxy groups -OCH3 is 1. The number of pyridine rings is 1. The van der Waals surface area contributed by atoms with Gasteiger partial charge in [-0.15, -0.1) is 0 Å². The van der Waals surface area contributed by atoms with E-state index in [4.69, 9.17) is 4.74 Å². The van der Waals surface area contributed by atoms with Crippen molar-refractivity contribution in [3.05, 3.63) is 74.0 Å². The van der Waals surface area contributed by atoms with Crippen molar-refractivity contribution in [2.24, 2.45) is 0 Å². The van der Waals surface area contributed by atoms with Crippen molar-refractivity contribution in [3.63, 3.8) is 0 Å². The van der Waals surface area contributed by atoms with E-state index in [0.717, 1.165) is 41.9 Å². The second kappa shape index (κ2) is 9.38. The molecule has 0 saturated carbocycles. The second-order valence-corrected chi connectivity index (χ2v) is 7.40. The normalized spacial score (nSPS) is 10.7. The van der Waals surface area contributed by atoms with Gasteiger partial charge in [0.2, 0.25) is 5.88 Å². The number of carbonyl (C=O) groups is 1. The zero-order valence-electron chi connectivity index (χ0n) is 16.3. The van der Waals surface area contributed by atoms with Crippen LogP contribution in [0.25, 0.3) is 0 Å². The molecule has 0 bridgehead atoms. The average Bonchev–Trinajstić information content (AvgIpc) is 3.02. The molecule has 0 unspecified atom stereocenters. The molecular weight excluding hydrogens is 392 g/mol. The van der Waals surface area contributed by atoms with Gasteiger partial charge in [0.1, 0.15) is 5.75 Å². The van der Waals surface area contributed by atoms with Gasteiger partial charge in [-0.3, -0.25) is 9.78 Å². The molecule has 0 atom stereocenters. The van der Waals surface area contributed by atoms with E-state index in [1.807, 2.05) is 36.5 Å². The maximum atomic E-state index is 11.9. The molecule has 1 N–H and O–H groups in total. The lowest BCUT2D eigenvalue weighted by Gasteiger charge is -2.07. The Morgan fingerprint density at radius 2 is 1.90 bits per heavy atom. The Bertz CT molecular complexity index is 1020. The van der Waals surface area contributed by atoms with Gasteiger partial charge in [0.15, 0.2) is 0 Å². The number of carbonyl (C=O) groups excluding carboxylic acids is 1. The van der Waals surface area contributed by atoms with Gasteiger partial charge < -0.3 is 14.6 Å². The van der Waals surface area contributed by atoms with Crippen LogP contribution in [0.1, 0.15) is 28.6 Å². The first-order valence-corrected chi connectivity index (χ1v) is 10.0. The van der Waals surface area contributed by atoms with E-state index in [1.54, 1.807) is 0 Å². The van der Waals surface area contributed by atoms with Gasteiger partial charge >= 0.3 is 11.0 Å². The molecular formula is C21H22N2O5S. The number of hydrogen-bond donors (Lipinski definition) is 1. The maximum absolute atomic E-state index is 11.9. The SMILES string of the molecule is CCc1ccc(CCOc2ccc(Cc3sc(=O)n(C(=O)OC)c3O)cc2)nc1. The number of hydrogen-bond acceptors (Lipinski definition) is 7. The predicted molar refractivity (Wildman–Crippen MR) is 110 cm³/mol. The average molecular weight is 414 g/mol. The molecule has 0 saturated heterocycles. The number of rotatable bonds is 7. The minimum Gasteiger partial charge on any atom is -0.493 e. The van der Waals surface area contributed by atoms with E-state index < -0.39 is 11.0 Å². The first-order chi connectivity index (χ1) is 14.0. The van der Waals surface area contributed by atoms with E-state index in [9.17, 15) is 14.7 Å². The lowest BCUT2D eigenvalue weighted by molar-refractivity contribution is 0.169. The van der Waals surface area contributed by atoms with E-state index in [2.05, 4.69) is 22.7 Å². The summed E-state index contributed by atoms with van der Waals surface area (Å²) >= 11 is 0.816. The predicted octanol–water partition coefficient (Wildman–Crippen LogP) is 3.40. The summed E-state index contributed by atoms with van der Waals surface area (Å²) in [5.41, 5.74) is 3.07. The third-order valence-corrected chi connectivity index (χ3v) is 5.35. The molecule has 29 heavy (non-hydrogen) atoms. The van der Waals surface area contributed by atoms with E-state index in [-0.39, 0.29) is 5.88 Å². The highest BCUT2D eigenvalue weighted by Gasteiger charge is 2.20. The van der Waals surface area contributed by atoms with Gasteiger partial charge in [0, 0.05) is 24.7 Å². The number of aromatic hydroxyl groups is 1. The van der Waals surface area contributed by atoms with Crippen LogP contribution in [-0.4, -0.2) is 34.5 Å². The van der Waals surface area contributed by atoms with Crippen LogP contribution in [0.2, 0.25) is 0 Å². The summed E-state index contributed by atoms with van der Waals surface area (Å²) in [6.07, 6.45) is 3.00. The molecule has 3 rings (SSSR count). The number of aromatic nitrogens is 2. The largest absolute Gasteiger partial charge is 0.493 e. The first-order valence-electron chi connectivity index (χ1n) is 9.19. The number of ether oxygens (including phenoxy) is 2. The van der Waals surface area contributed by atoms with Crippen molar-refractivity contribution in [1.82, 2.24) is 9.55 Å². The highest BCUT2D eigenvalue weighted by Crippen LogP contribution is 2.24. The van der Waals surface area contributed by atoms with Crippen LogP contribution in [0.4, 0.5) is 4.79 Å². The van der Waals surface area contributed by atoms with Crippen molar-refractivity contribution in [2.45, 2.75) is 26.2 Å². The van der Waals surface area contributed by atoms with Crippen LogP contribution >= 0.6 is 11.3 Å². The Labute approximate surface area is 172 Å². The second-order valence-electron chi connectivity index (χ2n) is 6.35. The Morgan fingerprint density at radius 3 is 2.52 bits per heavy atom.